The van der Waals surface area contributed by atoms with Crippen molar-refractivity contribution in [3.63, 3.8) is 0 Å². The third kappa shape index (κ3) is 4.30. The Morgan fingerprint density at radius 3 is 2.44 bits per heavy atom. The molecule has 0 aliphatic heterocycles. The number of benzene rings is 1. The predicted molar refractivity (Wildman–Crippen MR) is 103 cm³/mol. The van der Waals surface area contributed by atoms with Crippen LogP contribution in [0.5, 0.6) is 0 Å². The van der Waals surface area contributed by atoms with Gasteiger partial charge in [-0.3, -0.25) is 4.68 Å². The molecule has 1 saturated carbocycles. The SMILES string of the molecule is CCOC(=O)c1ccc(NC(=O)N(Cc2c(C)nn(C)c2C)C2CC2)cc1. The smallest absolute Gasteiger partial charge is 0.338 e. The summed E-state index contributed by atoms with van der Waals surface area (Å²) in [5, 5.41) is 7.38. The van der Waals surface area contributed by atoms with Crippen LogP contribution in [0.1, 0.15) is 47.1 Å². The van der Waals surface area contributed by atoms with Gasteiger partial charge >= 0.3 is 12.0 Å². The van der Waals surface area contributed by atoms with Crippen molar-refractivity contribution in [2.75, 3.05) is 11.9 Å². The van der Waals surface area contributed by atoms with Gasteiger partial charge in [-0.15, -0.1) is 0 Å². The van der Waals surface area contributed by atoms with Crippen molar-refractivity contribution in [2.24, 2.45) is 7.05 Å². The molecule has 1 heterocycles. The van der Waals surface area contributed by atoms with Gasteiger partial charge in [-0.25, -0.2) is 9.59 Å². The second-order valence-corrected chi connectivity index (χ2v) is 6.86. The van der Waals surface area contributed by atoms with Crippen molar-refractivity contribution < 1.29 is 14.3 Å². The zero-order valence-corrected chi connectivity index (χ0v) is 16.3. The molecule has 1 aliphatic rings. The molecule has 0 radical (unpaired) electrons. The van der Waals surface area contributed by atoms with E-state index in [1.54, 1.807) is 31.2 Å². The highest BCUT2D eigenvalue weighted by Crippen LogP contribution is 2.30. The minimum Gasteiger partial charge on any atom is -0.462 e. The molecule has 0 atom stereocenters. The van der Waals surface area contributed by atoms with Crippen LogP contribution in [0, 0.1) is 13.8 Å². The van der Waals surface area contributed by atoms with Gasteiger partial charge in [-0.05, 0) is 57.9 Å². The van der Waals surface area contributed by atoms with Crippen LogP contribution in [0.3, 0.4) is 0 Å². The highest BCUT2D eigenvalue weighted by Gasteiger charge is 2.33. The summed E-state index contributed by atoms with van der Waals surface area (Å²) in [4.78, 5) is 26.4. The van der Waals surface area contributed by atoms with Gasteiger partial charge in [0.05, 0.1) is 24.4 Å². The molecule has 144 valence electrons. The van der Waals surface area contributed by atoms with Crippen LogP contribution in [0.4, 0.5) is 10.5 Å². The van der Waals surface area contributed by atoms with Gasteiger partial charge < -0.3 is 15.0 Å². The molecule has 2 aromatic rings. The first-order valence-corrected chi connectivity index (χ1v) is 9.24. The Morgan fingerprint density at radius 2 is 1.93 bits per heavy atom. The van der Waals surface area contributed by atoms with Crippen LogP contribution in [-0.4, -0.2) is 39.3 Å². The van der Waals surface area contributed by atoms with Crippen molar-refractivity contribution >= 4 is 17.7 Å². The van der Waals surface area contributed by atoms with Gasteiger partial charge in [0.15, 0.2) is 0 Å². The van der Waals surface area contributed by atoms with Gasteiger partial charge in [0.25, 0.3) is 0 Å². The standard InChI is InChI=1S/C20H26N4O3/c1-5-27-19(25)15-6-8-16(9-7-15)21-20(26)24(17-10-11-17)12-18-13(2)22-23(4)14(18)3/h6-9,17H,5,10-12H2,1-4H3,(H,21,26). The molecule has 1 aromatic carbocycles. The molecule has 1 N–H and O–H groups in total. The first-order chi connectivity index (χ1) is 12.9. The number of rotatable bonds is 6. The fraction of sp³-hybridized carbons (Fsp3) is 0.450. The Kier molecular flexibility index (Phi) is 5.48. The maximum Gasteiger partial charge on any atom is 0.338 e. The summed E-state index contributed by atoms with van der Waals surface area (Å²) in [7, 11) is 1.92. The molecule has 27 heavy (non-hydrogen) atoms. The number of ether oxygens (including phenoxy) is 1. The van der Waals surface area contributed by atoms with Crippen molar-refractivity contribution in [3.05, 3.63) is 46.8 Å². The van der Waals surface area contributed by atoms with E-state index in [2.05, 4.69) is 10.4 Å². The first-order valence-electron chi connectivity index (χ1n) is 9.24. The van der Waals surface area contributed by atoms with E-state index >= 15 is 0 Å². The molecule has 0 bridgehead atoms. The van der Waals surface area contributed by atoms with E-state index in [1.807, 2.05) is 30.5 Å². The van der Waals surface area contributed by atoms with E-state index in [0.29, 0.717) is 24.4 Å². The number of amides is 2. The highest BCUT2D eigenvalue weighted by molar-refractivity contribution is 5.92. The van der Waals surface area contributed by atoms with Crippen molar-refractivity contribution in [3.8, 4) is 0 Å². The summed E-state index contributed by atoms with van der Waals surface area (Å²) < 4.78 is 6.82. The lowest BCUT2D eigenvalue weighted by molar-refractivity contribution is 0.0526. The number of carbonyl (C=O) groups is 2. The van der Waals surface area contributed by atoms with Crippen LogP contribution in [0.2, 0.25) is 0 Å². The number of anilines is 1. The van der Waals surface area contributed by atoms with E-state index in [4.69, 9.17) is 4.74 Å². The van der Waals surface area contributed by atoms with E-state index in [1.165, 1.54) is 0 Å². The van der Waals surface area contributed by atoms with Crippen molar-refractivity contribution in [2.45, 2.75) is 46.2 Å². The zero-order valence-electron chi connectivity index (χ0n) is 16.3. The number of esters is 1. The summed E-state index contributed by atoms with van der Waals surface area (Å²) in [6.45, 7) is 6.64. The molecule has 1 fully saturated rings. The fourth-order valence-corrected chi connectivity index (χ4v) is 3.07. The summed E-state index contributed by atoms with van der Waals surface area (Å²) in [5.74, 6) is -0.363. The van der Waals surface area contributed by atoms with Crippen LogP contribution in [-0.2, 0) is 18.3 Å². The Morgan fingerprint density at radius 1 is 1.26 bits per heavy atom. The Labute approximate surface area is 159 Å². The molecular weight excluding hydrogens is 344 g/mol. The van der Waals surface area contributed by atoms with E-state index in [0.717, 1.165) is 29.8 Å². The summed E-state index contributed by atoms with van der Waals surface area (Å²) in [6.07, 6.45) is 2.04. The monoisotopic (exact) mass is 370 g/mol. The lowest BCUT2D eigenvalue weighted by Crippen LogP contribution is -2.36. The largest absolute Gasteiger partial charge is 0.462 e. The van der Waals surface area contributed by atoms with Gasteiger partial charge in [0.1, 0.15) is 0 Å². The minimum absolute atomic E-state index is 0.135. The minimum atomic E-state index is -0.363. The summed E-state index contributed by atoms with van der Waals surface area (Å²) in [6, 6.07) is 6.88. The van der Waals surface area contributed by atoms with Gasteiger partial charge in [-0.1, -0.05) is 0 Å². The molecular formula is C20H26N4O3. The number of aromatic nitrogens is 2. The number of carbonyl (C=O) groups excluding carboxylic acids is 2. The molecule has 0 saturated heterocycles. The van der Waals surface area contributed by atoms with E-state index in [-0.39, 0.29) is 18.0 Å². The predicted octanol–water partition coefficient (Wildman–Crippen LogP) is 3.41. The average molecular weight is 370 g/mol. The third-order valence-electron chi connectivity index (χ3n) is 4.88. The molecule has 1 aromatic heterocycles. The van der Waals surface area contributed by atoms with Gasteiger partial charge in [0, 0.05) is 30.0 Å². The Bertz CT molecular complexity index is 838. The number of nitrogens with zero attached hydrogens (tertiary/aromatic N) is 3. The average Bonchev–Trinajstić information content (AvgIpc) is 3.43. The van der Waals surface area contributed by atoms with Gasteiger partial charge in [0.2, 0.25) is 0 Å². The topological polar surface area (TPSA) is 76.5 Å². The van der Waals surface area contributed by atoms with Gasteiger partial charge in [-0.2, -0.15) is 5.10 Å². The molecule has 2 amide bonds. The van der Waals surface area contributed by atoms with Crippen molar-refractivity contribution in [1.29, 1.82) is 0 Å². The van der Waals surface area contributed by atoms with Crippen LogP contribution < -0.4 is 5.32 Å². The number of nitrogens with one attached hydrogen (secondary N) is 1. The van der Waals surface area contributed by atoms with Crippen LogP contribution >= 0.6 is 0 Å². The lowest BCUT2D eigenvalue weighted by Gasteiger charge is -2.23. The zero-order chi connectivity index (χ0) is 19.6. The molecule has 7 heteroatoms. The number of hydrogen-bond donors (Lipinski definition) is 1. The quantitative estimate of drug-likeness (QED) is 0.791. The highest BCUT2D eigenvalue weighted by atomic mass is 16.5. The molecule has 0 spiro atoms. The number of urea groups is 1. The van der Waals surface area contributed by atoms with Crippen LogP contribution in [0.15, 0.2) is 24.3 Å². The third-order valence-corrected chi connectivity index (χ3v) is 4.88. The molecule has 0 unspecified atom stereocenters. The second-order valence-electron chi connectivity index (χ2n) is 6.86. The number of aryl methyl sites for hydroxylation is 2. The summed E-state index contributed by atoms with van der Waals surface area (Å²) >= 11 is 0. The first kappa shape index (κ1) is 18.9. The second kappa shape index (κ2) is 7.82. The Balaban J connectivity index is 1.70. The van der Waals surface area contributed by atoms with E-state index < -0.39 is 0 Å². The maximum atomic E-state index is 12.8. The fourth-order valence-electron chi connectivity index (χ4n) is 3.07. The van der Waals surface area contributed by atoms with Crippen molar-refractivity contribution in [1.82, 2.24) is 14.7 Å². The maximum absolute atomic E-state index is 12.8. The molecule has 7 nitrogen and oxygen atoms in total. The molecule has 1 aliphatic carbocycles. The van der Waals surface area contributed by atoms with E-state index in [9.17, 15) is 9.59 Å². The lowest BCUT2D eigenvalue weighted by atomic mass is 10.2. The summed E-state index contributed by atoms with van der Waals surface area (Å²) in [5.41, 5.74) is 4.24. The molecule has 3 rings (SSSR count). The number of hydrogen-bond acceptors (Lipinski definition) is 4. The van der Waals surface area contributed by atoms with Crippen LogP contribution in [0.25, 0.3) is 0 Å². The Hall–Kier alpha value is -2.83. The normalized spacial score (nSPS) is 13.3.